The van der Waals surface area contributed by atoms with Crippen LogP contribution < -0.4 is 0 Å². The SMILES string of the molecule is C[C@@H](CCC(=O)OC(C)(C)C)C(=O)ON1C(=O)CCC1=O. The molecule has 2 amide bonds. The minimum Gasteiger partial charge on any atom is -0.460 e. The highest BCUT2D eigenvalue weighted by atomic mass is 16.7. The molecule has 0 saturated carbocycles. The Bertz CT molecular complexity index is 435. The summed E-state index contributed by atoms with van der Waals surface area (Å²) in [6.07, 6.45) is 0.399. The van der Waals surface area contributed by atoms with Crippen LogP contribution in [-0.2, 0) is 28.8 Å². The van der Waals surface area contributed by atoms with Crippen LogP contribution in [0.15, 0.2) is 0 Å². The van der Waals surface area contributed by atoms with Gasteiger partial charge in [0.15, 0.2) is 0 Å². The van der Waals surface area contributed by atoms with Crippen molar-refractivity contribution in [1.82, 2.24) is 5.06 Å². The van der Waals surface area contributed by atoms with Gasteiger partial charge in [0.1, 0.15) is 5.60 Å². The van der Waals surface area contributed by atoms with E-state index >= 15 is 0 Å². The number of ether oxygens (including phenoxy) is 1. The van der Waals surface area contributed by atoms with Crippen LogP contribution in [-0.4, -0.2) is 34.4 Å². The van der Waals surface area contributed by atoms with Gasteiger partial charge in [-0.25, -0.2) is 4.79 Å². The van der Waals surface area contributed by atoms with Crippen LogP contribution >= 0.6 is 0 Å². The molecule has 0 radical (unpaired) electrons. The summed E-state index contributed by atoms with van der Waals surface area (Å²) in [7, 11) is 0. The van der Waals surface area contributed by atoms with Crippen molar-refractivity contribution in [2.24, 2.45) is 5.92 Å². The molecule has 0 aromatic rings. The lowest BCUT2D eigenvalue weighted by Crippen LogP contribution is -2.34. The van der Waals surface area contributed by atoms with Crippen molar-refractivity contribution in [3.05, 3.63) is 0 Å². The third-order valence-electron chi connectivity index (χ3n) is 2.79. The number of carbonyl (C=O) groups excluding carboxylic acids is 4. The smallest absolute Gasteiger partial charge is 0.335 e. The molecule has 0 spiro atoms. The van der Waals surface area contributed by atoms with E-state index in [2.05, 4.69) is 0 Å². The Morgan fingerprint density at radius 3 is 2.19 bits per heavy atom. The topological polar surface area (TPSA) is 90.0 Å². The van der Waals surface area contributed by atoms with Crippen LogP contribution in [0, 0.1) is 5.92 Å². The third kappa shape index (κ3) is 5.53. The second-order valence-electron chi connectivity index (χ2n) is 6.02. The van der Waals surface area contributed by atoms with Crippen LogP contribution in [0.25, 0.3) is 0 Å². The highest BCUT2D eigenvalue weighted by Gasteiger charge is 2.34. The molecular formula is C14H21NO6. The van der Waals surface area contributed by atoms with Gasteiger partial charge in [0.2, 0.25) is 0 Å². The molecule has 1 saturated heterocycles. The van der Waals surface area contributed by atoms with E-state index in [1.165, 1.54) is 0 Å². The Kier molecular flexibility index (Phi) is 5.46. The molecule has 0 aromatic heterocycles. The molecule has 0 N–H and O–H groups in total. The van der Waals surface area contributed by atoms with Crippen molar-refractivity contribution in [1.29, 1.82) is 0 Å². The number of rotatable bonds is 5. The van der Waals surface area contributed by atoms with Crippen molar-refractivity contribution in [3.63, 3.8) is 0 Å². The quantitative estimate of drug-likeness (QED) is 0.562. The first-order chi connectivity index (χ1) is 9.60. The summed E-state index contributed by atoms with van der Waals surface area (Å²) in [4.78, 5) is 50.7. The molecular weight excluding hydrogens is 278 g/mol. The van der Waals surface area contributed by atoms with E-state index in [0.29, 0.717) is 5.06 Å². The van der Waals surface area contributed by atoms with E-state index in [9.17, 15) is 19.2 Å². The summed E-state index contributed by atoms with van der Waals surface area (Å²) in [5.41, 5.74) is -0.574. The first-order valence-electron chi connectivity index (χ1n) is 6.89. The van der Waals surface area contributed by atoms with E-state index in [4.69, 9.17) is 9.57 Å². The van der Waals surface area contributed by atoms with Crippen molar-refractivity contribution in [2.75, 3.05) is 0 Å². The fraction of sp³-hybridized carbons (Fsp3) is 0.714. The van der Waals surface area contributed by atoms with Gasteiger partial charge in [-0.15, -0.1) is 5.06 Å². The number of esters is 1. The van der Waals surface area contributed by atoms with Crippen molar-refractivity contribution in [3.8, 4) is 0 Å². The molecule has 0 aliphatic carbocycles. The third-order valence-corrected chi connectivity index (χ3v) is 2.79. The number of imide groups is 1. The Balaban J connectivity index is 2.39. The van der Waals surface area contributed by atoms with Crippen molar-refractivity contribution >= 4 is 23.8 Å². The minimum absolute atomic E-state index is 0.0540. The monoisotopic (exact) mass is 299 g/mol. The van der Waals surface area contributed by atoms with Gasteiger partial charge in [0.25, 0.3) is 11.8 Å². The highest BCUT2D eigenvalue weighted by Crippen LogP contribution is 2.17. The fourth-order valence-corrected chi connectivity index (χ4v) is 1.68. The molecule has 1 heterocycles. The second kappa shape index (κ2) is 6.69. The van der Waals surface area contributed by atoms with Gasteiger partial charge in [-0.3, -0.25) is 14.4 Å². The zero-order chi connectivity index (χ0) is 16.2. The first-order valence-corrected chi connectivity index (χ1v) is 6.89. The standard InChI is InChI=1S/C14H21NO6/c1-9(5-8-12(18)20-14(2,3)4)13(19)21-15-10(16)6-7-11(15)17/h9H,5-8H2,1-4H3/t9-/m0/s1. The predicted octanol–water partition coefficient (Wildman–Crippen LogP) is 1.35. The van der Waals surface area contributed by atoms with Gasteiger partial charge < -0.3 is 9.57 Å². The molecule has 1 fully saturated rings. The number of amides is 2. The second-order valence-corrected chi connectivity index (χ2v) is 6.02. The molecule has 1 aliphatic rings. The van der Waals surface area contributed by atoms with Crippen LogP contribution in [0.2, 0.25) is 0 Å². The van der Waals surface area contributed by atoms with E-state index < -0.39 is 35.3 Å². The lowest BCUT2D eigenvalue weighted by Gasteiger charge is -2.20. The lowest BCUT2D eigenvalue weighted by atomic mass is 10.1. The predicted molar refractivity (Wildman–Crippen MR) is 71.4 cm³/mol. The van der Waals surface area contributed by atoms with Crippen molar-refractivity contribution < 1.29 is 28.8 Å². The maximum absolute atomic E-state index is 11.8. The first kappa shape index (κ1) is 17.1. The number of hydrogen-bond donors (Lipinski definition) is 0. The van der Waals surface area contributed by atoms with Gasteiger partial charge >= 0.3 is 11.9 Å². The highest BCUT2D eigenvalue weighted by molar-refractivity contribution is 6.01. The van der Waals surface area contributed by atoms with E-state index in [0.717, 1.165) is 0 Å². The molecule has 0 unspecified atom stereocenters. The van der Waals surface area contributed by atoms with Crippen LogP contribution in [0.1, 0.15) is 53.4 Å². The molecule has 1 aliphatic heterocycles. The normalized spacial score (nSPS) is 16.9. The Labute approximate surface area is 123 Å². The van der Waals surface area contributed by atoms with Gasteiger partial charge in [0.05, 0.1) is 5.92 Å². The Morgan fingerprint density at radius 1 is 1.19 bits per heavy atom. The molecule has 118 valence electrons. The average Bonchev–Trinajstić information content (AvgIpc) is 2.65. The van der Waals surface area contributed by atoms with Gasteiger partial charge in [-0.05, 0) is 27.2 Å². The summed E-state index contributed by atoms with van der Waals surface area (Å²) < 4.78 is 5.13. The van der Waals surface area contributed by atoms with E-state index in [1.54, 1.807) is 27.7 Å². The fourth-order valence-electron chi connectivity index (χ4n) is 1.68. The number of hydroxylamine groups is 2. The van der Waals surface area contributed by atoms with Crippen LogP contribution in [0.5, 0.6) is 0 Å². The molecule has 1 atom stereocenters. The molecule has 7 heteroatoms. The molecule has 7 nitrogen and oxygen atoms in total. The maximum atomic E-state index is 11.8. The summed E-state index contributed by atoms with van der Waals surface area (Å²) in [6.45, 7) is 6.84. The van der Waals surface area contributed by atoms with Crippen LogP contribution in [0.4, 0.5) is 0 Å². The summed E-state index contributed by atoms with van der Waals surface area (Å²) in [5.74, 6) is -2.77. The minimum atomic E-state index is -0.706. The number of hydrogen-bond acceptors (Lipinski definition) is 6. The molecule has 1 rings (SSSR count). The Morgan fingerprint density at radius 2 is 1.71 bits per heavy atom. The summed E-state index contributed by atoms with van der Waals surface area (Å²) in [6, 6.07) is 0. The largest absolute Gasteiger partial charge is 0.460 e. The average molecular weight is 299 g/mol. The number of nitrogens with zero attached hydrogens (tertiary/aromatic N) is 1. The zero-order valence-corrected chi connectivity index (χ0v) is 12.8. The van der Waals surface area contributed by atoms with E-state index in [-0.39, 0.29) is 25.7 Å². The molecule has 21 heavy (non-hydrogen) atoms. The zero-order valence-electron chi connectivity index (χ0n) is 12.8. The van der Waals surface area contributed by atoms with Crippen LogP contribution in [0.3, 0.4) is 0 Å². The molecule has 0 bridgehead atoms. The Hall–Kier alpha value is -1.92. The van der Waals surface area contributed by atoms with Gasteiger partial charge in [0, 0.05) is 19.3 Å². The summed E-state index contributed by atoms with van der Waals surface area (Å²) >= 11 is 0. The lowest BCUT2D eigenvalue weighted by molar-refractivity contribution is -0.200. The van der Waals surface area contributed by atoms with E-state index in [1.807, 2.05) is 0 Å². The van der Waals surface area contributed by atoms with Gasteiger partial charge in [-0.2, -0.15) is 0 Å². The molecule has 0 aromatic carbocycles. The van der Waals surface area contributed by atoms with Gasteiger partial charge in [-0.1, -0.05) is 6.92 Å². The number of carbonyl (C=O) groups is 4. The summed E-state index contributed by atoms with van der Waals surface area (Å²) in [5, 5.41) is 0.506. The van der Waals surface area contributed by atoms with Crippen molar-refractivity contribution in [2.45, 2.75) is 59.0 Å². The maximum Gasteiger partial charge on any atom is 0.335 e.